The van der Waals surface area contributed by atoms with Gasteiger partial charge in [0.15, 0.2) is 6.29 Å². The Balaban J connectivity index is 2.33. The molecule has 0 aromatic carbocycles. The van der Waals surface area contributed by atoms with Crippen molar-refractivity contribution in [3.8, 4) is 0 Å². The van der Waals surface area contributed by atoms with Gasteiger partial charge in [-0.1, -0.05) is 0 Å². The van der Waals surface area contributed by atoms with Crippen LogP contribution < -0.4 is 0 Å². The number of pyridine rings is 1. The van der Waals surface area contributed by atoms with Crippen LogP contribution in [0.15, 0.2) is 29.4 Å². The van der Waals surface area contributed by atoms with Gasteiger partial charge in [-0.15, -0.1) is 11.8 Å². The predicted octanol–water partition coefficient (Wildman–Crippen LogP) is 2.57. The van der Waals surface area contributed by atoms with E-state index < -0.39 is 0 Å². The van der Waals surface area contributed by atoms with E-state index in [1.54, 1.807) is 24.2 Å². The van der Waals surface area contributed by atoms with Crippen molar-refractivity contribution in [2.45, 2.75) is 25.0 Å². The number of aromatic nitrogens is 1. The zero-order chi connectivity index (χ0) is 10.9. The average Bonchev–Trinajstić information content (AvgIpc) is 2.28. The van der Waals surface area contributed by atoms with Crippen LogP contribution in [-0.2, 0) is 9.47 Å². The molecule has 1 rings (SSSR count). The number of rotatable bonds is 7. The number of thioether (sulfide) groups is 1. The van der Waals surface area contributed by atoms with Crippen molar-refractivity contribution in [1.29, 1.82) is 0 Å². The highest BCUT2D eigenvalue weighted by Crippen LogP contribution is 2.18. The first-order valence-corrected chi connectivity index (χ1v) is 6.11. The van der Waals surface area contributed by atoms with Gasteiger partial charge in [0.1, 0.15) is 0 Å². The van der Waals surface area contributed by atoms with Crippen molar-refractivity contribution in [3.05, 3.63) is 24.5 Å². The minimum Gasteiger partial charge on any atom is -0.352 e. The topological polar surface area (TPSA) is 31.4 Å². The quantitative estimate of drug-likeness (QED) is 0.529. The SMILES string of the molecule is CCOC(CSc1ccncc1)OCC. The third-order valence-electron chi connectivity index (χ3n) is 1.74. The molecule has 0 aliphatic heterocycles. The molecule has 0 atom stereocenters. The van der Waals surface area contributed by atoms with E-state index in [1.807, 2.05) is 26.0 Å². The van der Waals surface area contributed by atoms with Crippen LogP contribution in [0.1, 0.15) is 13.8 Å². The van der Waals surface area contributed by atoms with Gasteiger partial charge in [0.2, 0.25) is 0 Å². The molecular formula is C11H17NO2S. The zero-order valence-corrected chi connectivity index (χ0v) is 10.00. The molecule has 1 heterocycles. The Bertz CT molecular complexity index is 250. The monoisotopic (exact) mass is 227 g/mol. The highest BCUT2D eigenvalue weighted by Gasteiger charge is 2.07. The lowest BCUT2D eigenvalue weighted by Crippen LogP contribution is -2.19. The molecule has 0 saturated heterocycles. The number of ether oxygens (including phenoxy) is 2. The molecule has 0 aliphatic rings. The molecule has 0 amide bonds. The molecule has 0 saturated carbocycles. The second kappa shape index (κ2) is 7.68. The molecule has 0 unspecified atom stereocenters. The zero-order valence-electron chi connectivity index (χ0n) is 9.18. The summed E-state index contributed by atoms with van der Waals surface area (Å²) in [5, 5.41) is 0. The van der Waals surface area contributed by atoms with Gasteiger partial charge in [-0.2, -0.15) is 0 Å². The van der Waals surface area contributed by atoms with Crippen LogP contribution in [-0.4, -0.2) is 30.2 Å². The van der Waals surface area contributed by atoms with E-state index in [2.05, 4.69) is 4.98 Å². The summed E-state index contributed by atoms with van der Waals surface area (Å²) in [5.74, 6) is 0.811. The third-order valence-corrected chi connectivity index (χ3v) is 2.79. The summed E-state index contributed by atoms with van der Waals surface area (Å²) < 4.78 is 10.9. The minimum absolute atomic E-state index is 0.113. The fourth-order valence-electron chi connectivity index (χ4n) is 1.11. The maximum absolute atomic E-state index is 5.45. The predicted molar refractivity (Wildman–Crippen MR) is 62.0 cm³/mol. The summed E-state index contributed by atoms with van der Waals surface area (Å²) in [6, 6.07) is 3.97. The summed E-state index contributed by atoms with van der Waals surface area (Å²) >= 11 is 1.72. The molecule has 3 nitrogen and oxygen atoms in total. The lowest BCUT2D eigenvalue weighted by Gasteiger charge is -2.16. The van der Waals surface area contributed by atoms with E-state index >= 15 is 0 Å². The van der Waals surface area contributed by atoms with Crippen molar-refractivity contribution < 1.29 is 9.47 Å². The fourth-order valence-corrected chi connectivity index (χ4v) is 1.95. The second-order valence-electron chi connectivity index (χ2n) is 2.83. The van der Waals surface area contributed by atoms with Crippen molar-refractivity contribution in [1.82, 2.24) is 4.98 Å². The normalized spacial score (nSPS) is 10.9. The maximum Gasteiger partial charge on any atom is 0.166 e. The van der Waals surface area contributed by atoms with Gasteiger partial charge in [0, 0.05) is 36.3 Å². The summed E-state index contributed by atoms with van der Waals surface area (Å²) in [7, 11) is 0. The molecule has 0 fully saturated rings. The van der Waals surface area contributed by atoms with E-state index in [1.165, 1.54) is 4.90 Å². The van der Waals surface area contributed by atoms with Gasteiger partial charge in [-0.3, -0.25) is 4.98 Å². The number of hydrogen-bond acceptors (Lipinski definition) is 4. The van der Waals surface area contributed by atoms with Crippen LogP contribution in [0.4, 0.5) is 0 Å². The van der Waals surface area contributed by atoms with Crippen LogP contribution in [0.3, 0.4) is 0 Å². The van der Waals surface area contributed by atoms with Crippen LogP contribution in [0.25, 0.3) is 0 Å². The van der Waals surface area contributed by atoms with Crippen LogP contribution in [0.2, 0.25) is 0 Å². The fraction of sp³-hybridized carbons (Fsp3) is 0.545. The van der Waals surface area contributed by atoms with Crippen molar-refractivity contribution >= 4 is 11.8 Å². The first-order chi connectivity index (χ1) is 7.36. The summed E-state index contributed by atoms with van der Waals surface area (Å²) in [4.78, 5) is 5.16. The molecule has 15 heavy (non-hydrogen) atoms. The van der Waals surface area contributed by atoms with Crippen LogP contribution in [0, 0.1) is 0 Å². The molecule has 0 bridgehead atoms. The summed E-state index contributed by atoms with van der Waals surface area (Å²) in [6.07, 6.45) is 3.47. The van der Waals surface area contributed by atoms with Crippen molar-refractivity contribution in [2.75, 3.05) is 19.0 Å². The van der Waals surface area contributed by atoms with Gasteiger partial charge in [-0.05, 0) is 26.0 Å². The van der Waals surface area contributed by atoms with Crippen LogP contribution in [0.5, 0.6) is 0 Å². The van der Waals surface area contributed by atoms with E-state index in [9.17, 15) is 0 Å². The Kier molecular flexibility index (Phi) is 6.39. The highest BCUT2D eigenvalue weighted by atomic mass is 32.2. The molecule has 84 valence electrons. The lowest BCUT2D eigenvalue weighted by molar-refractivity contribution is -0.120. The molecule has 0 spiro atoms. The standard InChI is InChI=1S/C11H17NO2S/c1-3-13-11(14-4-2)9-15-10-5-7-12-8-6-10/h5-8,11H,3-4,9H2,1-2H3. The second-order valence-corrected chi connectivity index (χ2v) is 3.93. The summed E-state index contributed by atoms with van der Waals surface area (Å²) in [6.45, 7) is 5.31. The number of nitrogens with zero attached hydrogens (tertiary/aromatic N) is 1. The Morgan fingerprint density at radius 1 is 1.20 bits per heavy atom. The highest BCUT2D eigenvalue weighted by molar-refractivity contribution is 7.99. The lowest BCUT2D eigenvalue weighted by atomic mass is 10.5. The Hall–Kier alpha value is -0.580. The van der Waals surface area contributed by atoms with Gasteiger partial charge in [-0.25, -0.2) is 0 Å². The van der Waals surface area contributed by atoms with Crippen LogP contribution >= 0.6 is 11.8 Å². The van der Waals surface area contributed by atoms with E-state index in [0.29, 0.717) is 13.2 Å². The average molecular weight is 227 g/mol. The van der Waals surface area contributed by atoms with Gasteiger partial charge in [0.05, 0.1) is 0 Å². The number of hydrogen-bond donors (Lipinski definition) is 0. The Morgan fingerprint density at radius 3 is 2.33 bits per heavy atom. The van der Waals surface area contributed by atoms with E-state index in [-0.39, 0.29) is 6.29 Å². The molecule has 0 N–H and O–H groups in total. The molecular weight excluding hydrogens is 210 g/mol. The molecule has 4 heteroatoms. The van der Waals surface area contributed by atoms with Gasteiger partial charge < -0.3 is 9.47 Å². The first-order valence-electron chi connectivity index (χ1n) is 5.12. The molecule has 0 radical (unpaired) electrons. The maximum atomic E-state index is 5.45. The van der Waals surface area contributed by atoms with E-state index in [0.717, 1.165) is 5.75 Å². The largest absolute Gasteiger partial charge is 0.352 e. The van der Waals surface area contributed by atoms with Crippen molar-refractivity contribution in [2.24, 2.45) is 0 Å². The van der Waals surface area contributed by atoms with Gasteiger partial charge >= 0.3 is 0 Å². The smallest absolute Gasteiger partial charge is 0.166 e. The Morgan fingerprint density at radius 2 is 1.80 bits per heavy atom. The minimum atomic E-state index is -0.113. The van der Waals surface area contributed by atoms with E-state index in [4.69, 9.17) is 9.47 Å². The molecule has 1 aromatic heterocycles. The van der Waals surface area contributed by atoms with Crippen molar-refractivity contribution in [3.63, 3.8) is 0 Å². The third kappa shape index (κ3) is 5.16. The molecule has 0 aliphatic carbocycles. The summed E-state index contributed by atoms with van der Waals surface area (Å²) in [5.41, 5.74) is 0. The van der Waals surface area contributed by atoms with Gasteiger partial charge in [0.25, 0.3) is 0 Å². The first kappa shape index (κ1) is 12.5. The Labute approximate surface area is 95.2 Å². The molecule has 1 aromatic rings.